The van der Waals surface area contributed by atoms with E-state index in [1.54, 1.807) is 0 Å². The van der Waals surface area contributed by atoms with Gasteiger partial charge in [0.05, 0.1) is 0 Å². The van der Waals surface area contributed by atoms with Gasteiger partial charge in [0.1, 0.15) is 0 Å². The Bertz CT molecular complexity index is 233. The van der Waals surface area contributed by atoms with Gasteiger partial charge < -0.3 is 0 Å². The van der Waals surface area contributed by atoms with Crippen molar-refractivity contribution in [3.63, 3.8) is 0 Å². The summed E-state index contributed by atoms with van der Waals surface area (Å²) in [5.41, 5.74) is 0. The van der Waals surface area contributed by atoms with E-state index in [-0.39, 0.29) is 6.42 Å². The van der Waals surface area contributed by atoms with Gasteiger partial charge in [-0.15, -0.1) is 0 Å². The van der Waals surface area contributed by atoms with Crippen LogP contribution >= 0.6 is 0 Å². The van der Waals surface area contributed by atoms with Crippen molar-refractivity contribution in [3.8, 4) is 0 Å². The number of ketones is 2. The van der Waals surface area contributed by atoms with E-state index in [1.165, 1.54) is 20.8 Å². The number of carbonyl (C=O) groups excluding carboxylic acids is 2. The fraction of sp³-hybridized carbons (Fsp3) is 0.778. The number of rotatable bonds is 3. The van der Waals surface area contributed by atoms with Crippen molar-refractivity contribution in [2.24, 2.45) is 5.92 Å². The zero-order valence-corrected chi connectivity index (χ0v) is 9.07. The van der Waals surface area contributed by atoms with Crippen molar-refractivity contribution in [1.29, 1.82) is 0 Å². The average Bonchev–Trinajstić information content (AvgIpc) is 2.14. The lowest BCUT2D eigenvalue weighted by Gasteiger charge is -2.06. The molecule has 0 aromatic heterocycles. The topological polar surface area (TPSA) is 34.1 Å². The molecule has 0 fully saturated rings. The van der Waals surface area contributed by atoms with E-state index in [1.807, 2.05) is 0 Å². The first-order valence-electron chi connectivity index (χ1n) is 4.45. The molecule has 0 amide bonds. The fourth-order valence-electron chi connectivity index (χ4n) is 0.482. The molecule has 0 radical (unpaired) electrons. The Morgan fingerprint density at radius 3 is 1.50 bits per heavy atom. The highest BCUT2D eigenvalue weighted by molar-refractivity contribution is 5.85. The van der Waals surface area contributed by atoms with E-state index in [2.05, 4.69) is 0 Å². The molecule has 0 aliphatic heterocycles. The molecule has 0 bridgehead atoms. The molecule has 0 aliphatic carbocycles. The maximum atomic E-state index is 11.4. The molecule has 7 heteroatoms. The minimum absolute atomic E-state index is 0.0718. The van der Waals surface area contributed by atoms with Crippen LogP contribution in [0.15, 0.2) is 0 Å². The normalized spacial score (nSPS) is 11.1. The summed E-state index contributed by atoms with van der Waals surface area (Å²) in [5, 5.41) is 0. The molecule has 0 aromatic carbocycles. The van der Waals surface area contributed by atoms with Crippen LogP contribution in [0.4, 0.5) is 22.0 Å². The van der Waals surface area contributed by atoms with E-state index >= 15 is 0 Å². The van der Waals surface area contributed by atoms with Gasteiger partial charge in [0.15, 0.2) is 5.78 Å². The van der Waals surface area contributed by atoms with Crippen LogP contribution in [0.3, 0.4) is 0 Å². The molecule has 0 spiro atoms. The van der Waals surface area contributed by atoms with E-state index < -0.39 is 30.1 Å². The van der Waals surface area contributed by atoms with E-state index in [9.17, 15) is 31.5 Å². The lowest BCUT2D eigenvalue weighted by molar-refractivity contribution is -0.174. The van der Waals surface area contributed by atoms with Gasteiger partial charge in [-0.2, -0.15) is 13.2 Å². The van der Waals surface area contributed by atoms with Crippen molar-refractivity contribution in [2.75, 3.05) is 0 Å². The quantitative estimate of drug-likeness (QED) is 0.719. The Morgan fingerprint density at radius 1 is 1.12 bits per heavy atom. The fourth-order valence-corrected chi connectivity index (χ4v) is 0.482. The summed E-state index contributed by atoms with van der Waals surface area (Å²) in [6.07, 6.45) is -7.50. The first-order valence-corrected chi connectivity index (χ1v) is 4.45. The summed E-state index contributed by atoms with van der Waals surface area (Å²) in [6.45, 7) is 3.85. The van der Waals surface area contributed by atoms with Crippen molar-refractivity contribution in [3.05, 3.63) is 0 Å². The molecule has 0 saturated carbocycles. The van der Waals surface area contributed by atoms with Crippen molar-refractivity contribution in [2.45, 2.75) is 39.8 Å². The summed E-state index contributed by atoms with van der Waals surface area (Å²) >= 11 is 0. The average molecular weight is 248 g/mol. The van der Waals surface area contributed by atoms with Crippen LogP contribution < -0.4 is 0 Å². The van der Waals surface area contributed by atoms with Gasteiger partial charge in [0, 0.05) is 12.3 Å². The smallest absolute Gasteiger partial charge is 0.293 e. The van der Waals surface area contributed by atoms with Crippen LogP contribution in [-0.2, 0) is 9.59 Å². The number of halogens is 5. The van der Waals surface area contributed by atoms with Crippen LogP contribution in [0.2, 0.25) is 0 Å². The second-order valence-corrected chi connectivity index (χ2v) is 3.14. The zero-order valence-electron chi connectivity index (χ0n) is 9.07. The highest BCUT2D eigenvalue weighted by atomic mass is 19.4. The van der Waals surface area contributed by atoms with Gasteiger partial charge in [-0.25, -0.2) is 8.78 Å². The Hall–Kier alpha value is -1.01. The van der Waals surface area contributed by atoms with Crippen LogP contribution in [0.5, 0.6) is 0 Å². The molecular formula is C9H13F5O2. The monoisotopic (exact) mass is 248 g/mol. The maximum absolute atomic E-state index is 11.4. The first-order chi connectivity index (χ1) is 7.03. The lowest BCUT2D eigenvalue weighted by Crippen LogP contribution is -2.27. The Balaban J connectivity index is 0. The number of Topliss-reactive ketones (excluding diaryl/α,β-unsaturated/α-hetero) is 2. The van der Waals surface area contributed by atoms with Gasteiger partial charge >= 0.3 is 6.18 Å². The summed E-state index contributed by atoms with van der Waals surface area (Å²) in [4.78, 5) is 19.8. The van der Waals surface area contributed by atoms with Crippen LogP contribution in [0.1, 0.15) is 27.2 Å². The van der Waals surface area contributed by atoms with Crippen molar-refractivity contribution >= 4 is 11.6 Å². The van der Waals surface area contributed by atoms with Crippen molar-refractivity contribution in [1.82, 2.24) is 0 Å². The standard InChI is InChI=1S/C5H7F3O.C4H6F2O/c1-3(2)4(9)5(6,7)8;1-2-3(7)4(5)6/h3H,1-2H3;4H,2H2,1H3. The molecule has 96 valence electrons. The van der Waals surface area contributed by atoms with Crippen LogP contribution in [-0.4, -0.2) is 24.2 Å². The highest BCUT2D eigenvalue weighted by Crippen LogP contribution is 2.19. The van der Waals surface area contributed by atoms with E-state index in [0.29, 0.717) is 0 Å². The first kappa shape index (κ1) is 17.4. The minimum atomic E-state index is -4.66. The van der Waals surface area contributed by atoms with Gasteiger partial charge in [0.2, 0.25) is 5.78 Å². The third-order valence-electron chi connectivity index (χ3n) is 1.40. The summed E-state index contributed by atoms with van der Waals surface area (Å²) in [6, 6.07) is 0. The van der Waals surface area contributed by atoms with Crippen molar-refractivity contribution < 1.29 is 31.5 Å². The predicted molar refractivity (Wildman–Crippen MR) is 47.2 cm³/mol. The molecular weight excluding hydrogens is 235 g/mol. The molecule has 0 N–H and O–H groups in total. The van der Waals surface area contributed by atoms with Gasteiger partial charge in [0.25, 0.3) is 6.43 Å². The summed E-state index contributed by atoms with van der Waals surface area (Å²) in [7, 11) is 0. The largest absolute Gasteiger partial charge is 0.450 e. The van der Waals surface area contributed by atoms with Crippen LogP contribution in [0, 0.1) is 5.92 Å². The molecule has 0 heterocycles. The molecule has 0 saturated heterocycles. The van der Waals surface area contributed by atoms with E-state index in [4.69, 9.17) is 0 Å². The number of alkyl halides is 5. The zero-order chi connectivity index (χ0) is 13.5. The molecule has 0 aliphatic rings. The lowest BCUT2D eigenvalue weighted by atomic mass is 10.1. The predicted octanol–water partition coefficient (Wildman–Crippen LogP) is 3.00. The number of hydrogen-bond donors (Lipinski definition) is 0. The second-order valence-electron chi connectivity index (χ2n) is 3.14. The van der Waals surface area contributed by atoms with Gasteiger partial charge in [-0.3, -0.25) is 9.59 Å². The molecule has 0 atom stereocenters. The number of carbonyl (C=O) groups is 2. The van der Waals surface area contributed by atoms with Gasteiger partial charge in [-0.05, 0) is 0 Å². The molecule has 0 rings (SSSR count). The number of hydrogen-bond acceptors (Lipinski definition) is 2. The third kappa shape index (κ3) is 8.31. The Kier molecular flexibility index (Phi) is 7.93. The minimum Gasteiger partial charge on any atom is -0.293 e. The SMILES string of the molecule is CC(C)C(=O)C(F)(F)F.CCC(=O)C(F)F. The molecule has 2 nitrogen and oxygen atoms in total. The third-order valence-corrected chi connectivity index (χ3v) is 1.40. The van der Waals surface area contributed by atoms with Crippen LogP contribution in [0.25, 0.3) is 0 Å². The Labute approximate surface area is 89.8 Å². The summed E-state index contributed by atoms with van der Waals surface area (Å²) < 4.78 is 56.2. The summed E-state index contributed by atoms with van der Waals surface area (Å²) in [5.74, 6) is -3.60. The highest BCUT2D eigenvalue weighted by Gasteiger charge is 2.39. The maximum Gasteiger partial charge on any atom is 0.450 e. The molecule has 0 aromatic rings. The molecule has 16 heavy (non-hydrogen) atoms. The van der Waals surface area contributed by atoms with Gasteiger partial charge in [-0.1, -0.05) is 20.8 Å². The second kappa shape index (κ2) is 7.29. The van der Waals surface area contributed by atoms with E-state index in [0.717, 1.165) is 0 Å². The molecule has 0 unspecified atom stereocenters. The Morgan fingerprint density at radius 2 is 1.50 bits per heavy atom.